The number of imidazole rings is 1. The molecule has 0 spiro atoms. The van der Waals surface area contributed by atoms with Gasteiger partial charge in [0, 0.05) is 18.1 Å². The molecule has 31 heavy (non-hydrogen) atoms. The monoisotopic (exact) mass is 457 g/mol. The fourth-order valence-corrected chi connectivity index (χ4v) is 3.69. The van der Waals surface area contributed by atoms with Crippen molar-refractivity contribution in [1.82, 2.24) is 9.97 Å². The van der Waals surface area contributed by atoms with E-state index in [1.807, 2.05) is 45.3 Å². The Hall–Kier alpha value is -2.32. The van der Waals surface area contributed by atoms with Gasteiger partial charge in [0.05, 0.1) is 36.3 Å². The van der Waals surface area contributed by atoms with Crippen LogP contribution in [0.25, 0.3) is 17.0 Å². The largest absolute Gasteiger partial charge is 1.00 e. The summed E-state index contributed by atoms with van der Waals surface area (Å²) in [4.78, 5) is 7.54. The number of aromatic nitrogens is 3. The van der Waals surface area contributed by atoms with Crippen molar-refractivity contribution in [1.29, 1.82) is 0 Å². The Bertz CT molecular complexity index is 1060. The van der Waals surface area contributed by atoms with E-state index in [9.17, 15) is 13.2 Å². The number of benzene rings is 1. The maximum absolute atomic E-state index is 13.1. The Kier molecular flexibility index (Phi) is 7.28. The number of nitrogens with zero attached hydrogens (tertiary/aromatic N) is 2. The lowest BCUT2D eigenvalue weighted by molar-refractivity contribution is -0.613. The van der Waals surface area contributed by atoms with Gasteiger partial charge in [-0.2, -0.15) is 13.2 Å². The second kappa shape index (κ2) is 9.04. The van der Waals surface area contributed by atoms with Gasteiger partial charge in [-0.25, -0.2) is 9.55 Å². The van der Waals surface area contributed by atoms with Gasteiger partial charge in [-0.05, 0) is 52.8 Å². The van der Waals surface area contributed by atoms with Crippen LogP contribution in [-0.4, -0.2) is 28.8 Å². The third-order valence-corrected chi connectivity index (χ3v) is 4.86. The van der Waals surface area contributed by atoms with Crippen molar-refractivity contribution >= 4 is 11.0 Å². The summed E-state index contributed by atoms with van der Waals surface area (Å²) in [5.41, 5.74) is 1.41. The number of methoxy groups -OCH3 is 1. The lowest BCUT2D eigenvalue weighted by Gasteiger charge is -2.28. The highest BCUT2D eigenvalue weighted by atomic mass is 35.5. The van der Waals surface area contributed by atoms with E-state index in [4.69, 9.17) is 9.47 Å². The summed E-state index contributed by atoms with van der Waals surface area (Å²) in [5.74, 6) is 1.16. The van der Waals surface area contributed by atoms with E-state index >= 15 is 0 Å². The number of hydrogen-bond donors (Lipinski definition) is 1. The zero-order valence-electron chi connectivity index (χ0n) is 18.4. The summed E-state index contributed by atoms with van der Waals surface area (Å²) in [5, 5.41) is 0. The molecule has 2 heterocycles. The highest BCUT2D eigenvalue weighted by Gasteiger charge is 2.32. The van der Waals surface area contributed by atoms with E-state index in [0.29, 0.717) is 23.4 Å². The number of aromatic amines is 1. The fourth-order valence-electron chi connectivity index (χ4n) is 3.69. The average Bonchev–Trinajstić information content (AvgIpc) is 3.04. The normalized spacial score (nSPS) is 12.3. The van der Waals surface area contributed by atoms with Gasteiger partial charge >= 0.3 is 12.1 Å². The summed E-state index contributed by atoms with van der Waals surface area (Å²) in [6.45, 7) is 9.91. The molecule has 170 valence electrons. The lowest BCUT2D eigenvalue weighted by Crippen LogP contribution is -3.00. The molecule has 5 nitrogen and oxygen atoms in total. The number of H-pyrrole nitrogens is 1. The van der Waals surface area contributed by atoms with Gasteiger partial charge in [0.25, 0.3) is 0 Å². The van der Waals surface area contributed by atoms with E-state index in [2.05, 4.69) is 9.97 Å². The van der Waals surface area contributed by atoms with Crippen LogP contribution >= 0.6 is 0 Å². The predicted octanol–water partition coefficient (Wildman–Crippen LogP) is 1.93. The average molecular weight is 458 g/mol. The maximum Gasteiger partial charge on any atom is 0.416 e. The van der Waals surface area contributed by atoms with Crippen LogP contribution in [0, 0.1) is 6.92 Å². The number of fused-ring (bicyclic) bond motifs is 1. The zero-order chi connectivity index (χ0) is 22.3. The molecule has 0 aliphatic rings. The van der Waals surface area contributed by atoms with Crippen LogP contribution in [0.2, 0.25) is 0 Å². The van der Waals surface area contributed by atoms with E-state index in [-0.39, 0.29) is 18.5 Å². The molecule has 0 unspecified atom stereocenters. The molecule has 3 aromatic rings. The minimum Gasteiger partial charge on any atom is -1.00 e. The SMILES string of the molecule is COc1cc[n+](-c2nc3ccc(C(F)(F)F)cc3[nH]2)c(CC(C)(C)OC(C)C)c1C.[Cl-]. The van der Waals surface area contributed by atoms with Crippen LogP contribution in [0.1, 0.15) is 44.5 Å². The number of halogens is 4. The topological polar surface area (TPSA) is 51.0 Å². The fraction of sp³-hybridized carbons (Fsp3) is 0.455. The molecule has 0 aliphatic carbocycles. The van der Waals surface area contributed by atoms with Gasteiger partial charge in [0.15, 0.2) is 5.52 Å². The number of ether oxygens (including phenoxy) is 2. The first-order valence-corrected chi connectivity index (χ1v) is 9.74. The van der Waals surface area contributed by atoms with Gasteiger partial charge in [0.2, 0.25) is 0 Å². The Morgan fingerprint density at radius 3 is 2.42 bits per heavy atom. The van der Waals surface area contributed by atoms with Crippen LogP contribution in [0.3, 0.4) is 0 Å². The number of nitrogens with one attached hydrogen (secondary N) is 1. The van der Waals surface area contributed by atoms with E-state index < -0.39 is 17.3 Å². The summed E-state index contributed by atoms with van der Waals surface area (Å²) in [7, 11) is 1.60. The summed E-state index contributed by atoms with van der Waals surface area (Å²) < 4.78 is 52.6. The molecule has 0 saturated carbocycles. The summed E-state index contributed by atoms with van der Waals surface area (Å²) >= 11 is 0. The minimum absolute atomic E-state index is 0. The molecule has 0 aliphatic heterocycles. The van der Waals surface area contributed by atoms with Crippen molar-refractivity contribution in [2.75, 3.05) is 7.11 Å². The van der Waals surface area contributed by atoms with Crippen molar-refractivity contribution in [3.63, 3.8) is 0 Å². The first-order valence-electron chi connectivity index (χ1n) is 9.74. The molecule has 3 rings (SSSR count). The van der Waals surface area contributed by atoms with Gasteiger partial charge in [-0.15, -0.1) is 0 Å². The molecule has 0 bridgehead atoms. The quantitative estimate of drug-likeness (QED) is 0.575. The highest BCUT2D eigenvalue weighted by molar-refractivity contribution is 5.76. The molecule has 9 heteroatoms. The molecule has 1 aromatic carbocycles. The van der Waals surface area contributed by atoms with Crippen LogP contribution in [0.4, 0.5) is 13.2 Å². The van der Waals surface area contributed by atoms with Gasteiger partial charge in [0.1, 0.15) is 11.3 Å². The van der Waals surface area contributed by atoms with Crippen molar-refractivity contribution in [3.8, 4) is 11.7 Å². The second-order valence-corrected chi connectivity index (χ2v) is 8.22. The molecule has 0 fully saturated rings. The molecule has 1 N–H and O–H groups in total. The van der Waals surface area contributed by atoms with Gasteiger partial charge < -0.3 is 21.9 Å². The van der Waals surface area contributed by atoms with Crippen molar-refractivity contribution in [2.45, 2.75) is 58.9 Å². The van der Waals surface area contributed by atoms with E-state index in [0.717, 1.165) is 29.1 Å². The first kappa shape index (κ1) is 24.9. The highest BCUT2D eigenvalue weighted by Crippen LogP contribution is 2.31. The van der Waals surface area contributed by atoms with Gasteiger partial charge in [-0.3, -0.25) is 0 Å². The number of hydrogen-bond acceptors (Lipinski definition) is 3. The molecular weight excluding hydrogens is 431 g/mol. The Labute approximate surface area is 186 Å². The Morgan fingerprint density at radius 2 is 1.84 bits per heavy atom. The van der Waals surface area contributed by atoms with Crippen molar-refractivity contribution in [2.24, 2.45) is 0 Å². The molecule has 0 saturated heterocycles. The molecule has 2 aromatic heterocycles. The third-order valence-electron chi connectivity index (χ3n) is 4.86. The van der Waals surface area contributed by atoms with Crippen LogP contribution in [0.15, 0.2) is 30.5 Å². The van der Waals surface area contributed by atoms with Gasteiger partial charge in [-0.1, -0.05) is 4.98 Å². The standard InChI is InChI=1S/C22H27F3N3O2.ClH/c1-13(2)30-21(4,5)12-18-14(3)19(29-6)9-10-28(18)20-26-16-8-7-15(22(23,24)25)11-17(16)27-20;/h7-11,13H,12H2,1-6H3,(H,26,27);1H/q+1;/p-1. The minimum atomic E-state index is -4.41. The Balaban J connectivity index is 0.00000341. The molecule has 0 radical (unpaired) electrons. The smallest absolute Gasteiger partial charge is 0.416 e. The lowest BCUT2D eigenvalue weighted by atomic mass is 9.98. The second-order valence-electron chi connectivity index (χ2n) is 8.22. The summed E-state index contributed by atoms with van der Waals surface area (Å²) in [6.07, 6.45) is -2.01. The summed E-state index contributed by atoms with van der Waals surface area (Å²) in [6, 6.07) is 5.30. The zero-order valence-corrected chi connectivity index (χ0v) is 19.1. The van der Waals surface area contributed by atoms with Crippen LogP contribution in [0.5, 0.6) is 5.75 Å². The first-order chi connectivity index (χ1) is 13.9. The molecule has 0 atom stereocenters. The number of pyridine rings is 1. The van der Waals surface area contributed by atoms with Crippen LogP contribution in [-0.2, 0) is 17.3 Å². The number of alkyl halides is 3. The van der Waals surface area contributed by atoms with Crippen LogP contribution < -0.4 is 21.7 Å². The van der Waals surface area contributed by atoms with E-state index in [1.165, 1.54) is 6.07 Å². The van der Waals surface area contributed by atoms with Crippen molar-refractivity contribution in [3.05, 3.63) is 47.3 Å². The van der Waals surface area contributed by atoms with Crippen molar-refractivity contribution < 1.29 is 39.6 Å². The molecule has 0 amide bonds. The predicted molar refractivity (Wildman–Crippen MR) is 108 cm³/mol. The number of rotatable bonds is 6. The van der Waals surface area contributed by atoms with E-state index in [1.54, 1.807) is 13.3 Å². The Morgan fingerprint density at radius 1 is 1.16 bits per heavy atom. The molecular formula is C22H27ClF3N3O2. The maximum atomic E-state index is 13.1. The third kappa shape index (κ3) is 5.49.